The first kappa shape index (κ1) is 10.1. The molecule has 0 saturated heterocycles. The van der Waals surface area contributed by atoms with Crippen molar-refractivity contribution in [3.8, 4) is 0 Å². The Balaban J connectivity index is 2.73. The van der Waals surface area contributed by atoms with Gasteiger partial charge in [0.1, 0.15) is 5.76 Å². The van der Waals surface area contributed by atoms with Crippen LogP contribution in [-0.2, 0) is 0 Å². The summed E-state index contributed by atoms with van der Waals surface area (Å²) in [6.45, 7) is 5.51. The number of Topliss-reactive ketones (excluding diaryl/α,β-unsaturated/α-hetero) is 1. The van der Waals surface area contributed by atoms with Crippen molar-refractivity contribution in [2.75, 3.05) is 12.0 Å². The summed E-state index contributed by atoms with van der Waals surface area (Å²) >= 11 is 1.58. The largest absolute Gasteiger partial charge is 0.458 e. The van der Waals surface area contributed by atoms with Crippen LogP contribution in [-0.4, -0.2) is 17.8 Å². The number of hydrogen-bond donors (Lipinski definition) is 0. The minimum absolute atomic E-state index is 0.0950. The maximum absolute atomic E-state index is 11.5. The van der Waals surface area contributed by atoms with Crippen molar-refractivity contribution < 1.29 is 9.21 Å². The Labute approximate surface area is 82.0 Å². The molecule has 0 aliphatic carbocycles. The maximum Gasteiger partial charge on any atom is 0.224 e. The van der Waals surface area contributed by atoms with Crippen molar-refractivity contribution in [1.82, 2.24) is 0 Å². The van der Waals surface area contributed by atoms with Crippen LogP contribution in [0.2, 0.25) is 0 Å². The molecule has 0 atom stereocenters. The van der Waals surface area contributed by atoms with Crippen LogP contribution in [0.1, 0.15) is 16.3 Å². The first-order valence-corrected chi connectivity index (χ1v) is 5.32. The van der Waals surface area contributed by atoms with Crippen molar-refractivity contribution >= 4 is 17.5 Å². The van der Waals surface area contributed by atoms with Crippen molar-refractivity contribution in [2.24, 2.45) is 0 Å². The van der Waals surface area contributed by atoms with Gasteiger partial charge in [-0.2, -0.15) is 11.8 Å². The molecule has 0 bridgehead atoms. The van der Waals surface area contributed by atoms with Gasteiger partial charge in [0.2, 0.25) is 5.78 Å². The van der Waals surface area contributed by atoms with Crippen molar-refractivity contribution in [1.29, 1.82) is 0 Å². The molecule has 0 aliphatic heterocycles. The number of carbonyl (C=O) groups excluding carboxylic acids is 1. The fraction of sp³-hybridized carbons (Fsp3) is 0.300. The smallest absolute Gasteiger partial charge is 0.224 e. The number of carbonyl (C=O) groups is 1. The Bertz CT molecular complexity index is 325. The lowest BCUT2D eigenvalue weighted by atomic mass is 10.2. The zero-order valence-corrected chi connectivity index (χ0v) is 8.61. The second kappa shape index (κ2) is 4.33. The predicted octanol–water partition coefficient (Wildman–Crippen LogP) is 2.69. The molecule has 1 aromatic heterocycles. The second-order valence-electron chi connectivity index (χ2n) is 2.78. The number of rotatable bonds is 4. The molecule has 0 saturated carbocycles. The van der Waals surface area contributed by atoms with E-state index in [1.165, 1.54) is 0 Å². The van der Waals surface area contributed by atoms with Crippen molar-refractivity contribution in [3.05, 3.63) is 35.8 Å². The van der Waals surface area contributed by atoms with E-state index in [9.17, 15) is 4.79 Å². The van der Waals surface area contributed by atoms with Gasteiger partial charge in [-0.3, -0.25) is 4.79 Å². The minimum atomic E-state index is -0.0950. The van der Waals surface area contributed by atoms with Gasteiger partial charge in [-0.1, -0.05) is 6.58 Å². The molecule has 0 spiro atoms. The molecule has 3 heteroatoms. The molecule has 0 aromatic carbocycles. The third-order valence-corrected chi connectivity index (χ3v) is 2.24. The second-order valence-corrected chi connectivity index (χ2v) is 3.64. The SMILES string of the molecule is C=C(CSC)C(=O)c1ccc(C)o1. The van der Waals surface area contributed by atoms with Gasteiger partial charge < -0.3 is 4.42 Å². The molecule has 0 aliphatic rings. The quantitative estimate of drug-likeness (QED) is 0.548. The van der Waals surface area contributed by atoms with Gasteiger partial charge in [0.25, 0.3) is 0 Å². The molecule has 0 fully saturated rings. The van der Waals surface area contributed by atoms with Crippen LogP contribution >= 0.6 is 11.8 Å². The summed E-state index contributed by atoms with van der Waals surface area (Å²) in [4.78, 5) is 11.5. The first-order chi connectivity index (χ1) is 6.15. The lowest BCUT2D eigenvalue weighted by molar-refractivity contribution is 0.100. The zero-order valence-electron chi connectivity index (χ0n) is 7.79. The topological polar surface area (TPSA) is 30.2 Å². The molecule has 13 heavy (non-hydrogen) atoms. The third kappa shape index (κ3) is 2.49. The van der Waals surface area contributed by atoms with E-state index in [2.05, 4.69) is 6.58 Å². The van der Waals surface area contributed by atoms with Crippen LogP contribution < -0.4 is 0 Å². The Kier molecular flexibility index (Phi) is 3.37. The third-order valence-electron chi connectivity index (χ3n) is 1.60. The van der Waals surface area contributed by atoms with Crippen LogP contribution in [0.4, 0.5) is 0 Å². The normalized spacial score (nSPS) is 10.0. The Hall–Kier alpha value is -0.960. The molecule has 0 unspecified atom stereocenters. The number of hydrogen-bond acceptors (Lipinski definition) is 3. The molecular formula is C10H12O2S. The van der Waals surface area contributed by atoms with Gasteiger partial charge in [0.05, 0.1) is 0 Å². The number of thioether (sulfide) groups is 1. The van der Waals surface area contributed by atoms with Crippen LogP contribution in [0, 0.1) is 6.92 Å². The highest BCUT2D eigenvalue weighted by atomic mass is 32.2. The minimum Gasteiger partial charge on any atom is -0.458 e. The average Bonchev–Trinajstić information content (AvgIpc) is 2.51. The van der Waals surface area contributed by atoms with E-state index in [-0.39, 0.29) is 5.78 Å². The van der Waals surface area contributed by atoms with E-state index in [0.29, 0.717) is 17.1 Å². The van der Waals surface area contributed by atoms with E-state index in [0.717, 1.165) is 5.76 Å². The molecule has 0 N–H and O–H groups in total. The van der Waals surface area contributed by atoms with E-state index in [1.54, 1.807) is 23.9 Å². The van der Waals surface area contributed by atoms with E-state index < -0.39 is 0 Å². The van der Waals surface area contributed by atoms with Crippen LogP contribution in [0.3, 0.4) is 0 Å². The highest BCUT2D eigenvalue weighted by Gasteiger charge is 2.12. The zero-order chi connectivity index (χ0) is 9.84. The molecule has 2 nitrogen and oxygen atoms in total. The van der Waals surface area contributed by atoms with Crippen LogP contribution in [0.25, 0.3) is 0 Å². The lowest BCUT2D eigenvalue weighted by Gasteiger charge is -1.98. The number of ketones is 1. The van der Waals surface area contributed by atoms with Gasteiger partial charge in [-0.15, -0.1) is 0 Å². The summed E-state index contributed by atoms with van der Waals surface area (Å²) in [5.74, 6) is 1.69. The Morgan fingerprint density at radius 1 is 1.62 bits per heavy atom. The molecule has 0 radical (unpaired) electrons. The van der Waals surface area contributed by atoms with Gasteiger partial charge in [-0.25, -0.2) is 0 Å². The average molecular weight is 196 g/mol. The molecular weight excluding hydrogens is 184 g/mol. The van der Waals surface area contributed by atoms with Crippen LogP contribution in [0.5, 0.6) is 0 Å². The highest BCUT2D eigenvalue weighted by molar-refractivity contribution is 7.98. The molecule has 70 valence electrons. The molecule has 1 aromatic rings. The van der Waals surface area contributed by atoms with E-state index in [1.807, 2.05) is 13.2 Å². The summed E-state index contributed by atoms with van der Waals surface area (Å²) in [6, 6.07) is 3.46. The molecule has 0 amide bonds. The Morgan fingerprint density at radius 2 is 2.31 bits per heavy atom. The Morgan fingerprint density at radius 3 is 2.77 bits per heavy atom. The summed E-state index contributed by atoms with van der Waals surface area (Å²) in [6.07, 6.45) is 1.94. The van der Waals surface area contributed by atoms with E-state index >= 15 is 0 Å². The summed E-state index contributed by atoms with van der Waals surface area (Å²) in [7, 11) is 0. The predicted molar refractivity (Wildman–Crippen MR) is 55.3 cm³/mol. The number of aryl methyl sites for hydroxylation is 1. The van der Waals surface area contributed by atoms with Gasteiger partial charge in [0, 0.05) is 11.3 Å². The maximum atomic E-state index is 11.5. The monoisotopic (exact) mass is 196 g/mol. The fourth-order valence-corrected chi connectivity index (χ4v) is 1.45. The highest BCUT2D eigenvalue weighted by Crippen LogP contribution is 2.13. The van der Waals surface area contributed by atoms with Gasteiger partial charge >= 0.3 is 0 Å². The van der Waals surface area contributed by atoms with Crippen molar-refractivity contribution in [2.45, 2.75) is 6.92 Å². The standard InChI is InChI=1S/C10H12O2S/c1-7(6-13-3)10(11)9-5-4-8(2)12-9/h4-5H,1,6H2,2-3H3. The first-order valence-electron chi connectivity index (χ1n) is 3.93. The number of furan rings is 1. The van der Waals surface area contributed by atoms with Crippen LogP contribution in [0.15, 0.2) is 28.7 Å². The summed E-state index contributed by atoms with van der Waals surface area (Å²) in [5, 5.41) is 0. The molecule has 1 heterocycles. The molecule has 1 rings (SSSR count). The van der Waals surface area contributed by atoms with E-state index in [4.69, 9.17) is 4.42 Å². The van der Waals surface area contributed by atoms with Gasteiger partial charge in [-0.05, 0) is 25.3 Å². The van der Waals surface area contributed by atoms with Gasteiger partial charge in [0.15, 0.2) is 5.76 Å². The summed E-state index contributed by atoms with van der Waals surface area (Å²) in [5.41, 5.74) is 0.585. The summed E-state index contributed by atoms with van der Waals surface area (Å²) < 4.78 is 5.19. The lowest BCUT2D eigenvalue weighted by Crippen LogP contribution is -2.02. The fourth-order valence-electron chi connectivity index (χ4n) is 0.971. The van der Waals surface area contributed by atoms with Crippen molar-refractivity contribution in [3.63, 3.8) is 0 Å².